The van der Waals surface area contributed by atoms with E-state index in [-0.39, 0.29) is 29.2 Å². The molecule has 8 nitrogen and oxygen atoms in total. The van der Waals surface area contributed by atoms with E-state index in [9.17, 15) is 9.59 Å². The molecular formula is C20H25N5O3. The van der Waals surface area contributed by atoms with Crippen molar-refractivity contribution in [2.75, 3.05) is 25.0 Å². The van der Waals surface area contributed by atoms with E-state index in [0.29, 0.717) is 31.6 Å². The Balaban J connectivity index is 1.37. The molecule has 0 radical (unpaired) electrons. The van der Waals surface area contributed by atoms with Gasteiger partial charge in [0.25, 0.3) is 11.5 Å². The second-order valence-electron chi connectivity index (χ2n) is 7.46. The number of anilines is 1. The van der Waals surface area contributed by atoms with Crippen molar-refractivity contribution in [3.8, 4) is 0 Å². The van der Waals surface area contributed by atoms with Gasteiger partial charge < -0.3 is 19.9 Å². The molecule has 0 aromatic carbocycles. The summed E-state index contributed by atoms with van der Waals surface area (Å²) in [6, 6.07) is 5.34. The lowest BCUT2D eigenvalue weighted by Gasteiger charge is -2.36. The number of H-pyrrole nitrogens is 1. The summed E-state index contributed by atoms with van der Waals surface area (Å²) in [7, 11) is 0. The summed E-state index contributed by atoms with van der Waals surface area (Å²) in [6.07, 6.45) is 6.15. The first kappa shape index (κ1) is 18.6. The number of carbonyl (C=O) groups is 1. The molecule has 28 heavy (non-hydrogen) atoms. The largest absolute Gasteiger partial charge is 0.376 e. The average Bonchev–Trinajstić information content (AvgIpc) is 3.16. The molecule has 2 atom stereocenters. The standard InChI is InChI=1S/C20H25N5O3/c1-13-3-4-15(18(26)23-13)19(27)25-10-5-14(6-11-25)17-16(7-12-28-17)24-20-21-8-2-9-22-20/h2-4,8-9,14,16-17H,5-7,10-12H2,1H3,(H,23,26)(H,21,22,24)/t16-,17+/m1/s1. The number of carbonyl (C=O) groups excluding carboxylic acids is 1. The quantitative estimate of drug-likeness (QED) is 0.832. The fourth-order valence-corrected chi connectivity index (χ4v) is 4.11. The maximum absolute atomic E-state index is 12.7. The van der Waals surface area contributed by atoms with Crippen LogP contribution in [0.25, 0.3) is 0 Å². The van der Waals surface area contributed by atoms with Gasteiger partial charge in [0.1, 0.15) is 5.56 Å². The molecule has 0 bridgehead atoms. The third-order valence-corrected chi connectivity index (χ3v) is 5.59. The summed E-state index contributed by atoms with van der Waals surface area (Å²) in [5, 5.41) is 3.39. The van der Waals surface area contributed by atoms with Crippen LogP contribution in [0, 0.1) is 12.8 Å². The highest BCUT2D eigenvalue weighted by atomic mass is 16.5. The van der Waals surface area contributed by atoms with Crippen molar-refractivity contribution in [3.05, 3.63) is 52.2 Å². The van der Waals surface area contributed by atoms with Crippen LogP contribution in [-0.2, 0) is 4.74 Å². The predicted molar refractivity (Wildman–Crippen MR) is 104 cm³/mol. The lowest BCUT2D eigenvalue weighted by atomic mass is 9.87. The molecule has 0 saturated carbocycles. The van der Waals surface area contributed by atoms with Crippen LogP contribution in [0.15, 0.2) is 35.4 Å². The summed E-state index contributed by atoms with van der Waals surface area (Å²) >= 11 is 0. The summed E-state index contributed by atoms with van der Waals surface area (Å²) in [5.41, 5.74) is 0.639. The van der Waals surface area contributed by atoms with E-state index in [4.69, 9.17) is 4.74 Å². The number of hydrogen-bond donors (Lipinski definition) is 2. The van der Waals surface area contributed by atoms with Crippen LogP contribution in [0.3, 0.4) is 0 Å². The molecule has 2 aromatic heterocycles. The number of rotatable bonds is 4. The van der Waals surface area contributed by atoms with E-state index in [2.05, 4.69) is 20.3 Å². The Morgan fingerprint density at radius 3 is 2.68 bits per heavy atom. The van der Waals surface area contributed by atoms with Gasteiger partial charge in [-0.2, -0.15) is 0 Å². The highest BCUT2D eigenvalue weighted by Crippen LogP contribution is 2.30. The van der Waals surface area contributed by atoms with Gasteiger partial charge in [0.05, 0.1) is 12.1 Å². The number of nitrogens with one attached hydrogen (secondary N) is 2. The lowest BCUT2D eigenvalue weighted by molar-refractivity contribution is 0.0260. The summed E-state index contributed by atoms with van der Waals surface area (Å²) in [6.45, 7) is 3.78. The van der Waals surface area contributed by atoms with Gasteiger partial charge in [-0.15, -0.1) is 0 Å². The molecule has 2 aromatic rings. The molecule has 0 unspecified atom stereocenters. The van der Waals surface area contributed by atoms with Gasteiger partial charge in [-0.3, -0.25) is 9.59 Å². The zero-order valence-corrected chi connectivity index (χ0v) is 15.9. The van der Waals surface area contributed by atoms with Gasteiger partial charge in [-0.25, -0.2) is 9.97 Å². The molecule has 4 heterocycles. The molecule has 2 aliphatic rings. The van der Waals surface area contributed by atoms with Gasteiger partial charge >= 0.3 is 0 Å². The predicted octanol–water partition coefficient (Wildman–Crippen LogP) is 1.60. The van der Waals surface area contributed by atoms with Crippen LogP contribution >= 0.6 is 0 Å². The third kappa shape index (κ3) is 3.91. The third-order valence-electron chi connectivity index (χ3n) is 5.59. The van der Waals surface area contributed by atoms with Gasteiger partial charge in [0.2, 0.25) is 5.95 Å². The number of aryl methyl sites for hydroxylation is 1. The molecule has 1 amide bonds. The number of ether oxygens (including phenoxy) is 1. The van der Waals surface area contributed by atoms with Crippen molar-refractivity contribution >= 4 is 11.9 Å². The van der Waals surface area contributed by atoms with Gasteiger partial charge in [-0.1, -0.05) is 0 Å². The van der Waals surface area contributed by atoms with Crippen LogP contribution in [0.2, 0.25) is 0 Å². The molecule has 2 aliphatic heterocycles. The van der Waals surface area contributed by atoms with Crippen LogP contribution in [0.5, 0.6) is 0 Å². The normalized spacial score (nSPS) is 23.0. The Morgan fingerprint density at radius 2 is 1.96 bits per heavy atom. The molecule has 2 N–H and O–H groups in total. The van der Waals surface area contributed by atoms with Gasteiger partial charge in [-0.05, 0) is 50.3 Å². The van der Waals surface area contributed by atoms with E-state index in [1.165, 1.54) is 0 Å². The second kappa shape index (κ2) is 8.10. The smallest absolute Gasteiger partial charge is 0.260 e. The number of aromatic amines is 1. The number of pyridine rings is 1. The molecular weight excluding hydrogens is 358 g/mol. The fourth-order valence-electron chi connectivity index (χ4n) is 4.11. The Bertz CT molecular complexity index is 877. The summed E-state index contributed by atoms with van der Waals surface area (Å²) in [5.74, 6) is 0.790. The van der Waals surface area contributed by atoms with Crippen LogP contribution in [0.4, 0.5) is 5.95 Å². The maximum atomic E-state index is 12.7. The Labute approximate surface area is 163 Å². The highest BCUT2D eigenvalue weighted by molar-refractivity contribution is 5.93. The number of piperidine rings is 1. The van der Waals surface area contributed by atoms with E-state index in [1.54, 1.807) is 42.4 Å². The topological polar surface area (TPSA) is 100 Å². The van der Waals surface area contributed by atoms with E-state index in [1.807, 2.05) is 0 Å². The van der Waals surface area contributed by atoms with Gasteiger partial charge in [0, 0.05) is 37.8 Å². The van der Waals surface area contributed by atoms with E-state index < -0.39 is 0 Å². The molecule has 4 rings (SSSR count). The van der Waals surface area contributed by atoms with Crippen LogP contribution in [0.1, 0.15) is 35.3 Å². The SMILES string of the molecule is Cc1ccc(C(=O)N2CCC([C@@H]3OCC[C@H]3Nc3ncccn3)CC2)c(=O)[nH]1. The molecule has 148 valence electrons. The number of aromatic nitrogens is 3. The van der Waals surface area contributed by atoms with Crippen molar-refractivity contribution in [1.29, 1.82) is 0 Å². The van der Waals surface area contributed by atoms with Crippen molar-refractivity contribution < 1.29 is 9.53 Å². The highest BCUT2D eigenvalue weighted by Gasteiger charge is 2.37. The van der Waals surface area contributed by atoms with Crippen molar-refractivity contribution in [3.63, 3.8) is 0 Å². The van der Waals surface area contributed by atoms with E-state index in [0.717, 1.165) is 25.0 Å². The van der Waals surface area contributed by atoms with E-state index >= 15 is 0 Å². The minimum atomic E-state index is -0.321. The Morgan fingerprint density at radius 1 is 1.21 bits per heavy atom. The maximum Gasteiger partial charge on any atom is 0.260 e. The minimum absolute atomic E-state index is 0.0869. The van der Waals surface area contributed by atoms with Crippen LogP contribution in [-0.4, -0.2) is 57.6 Å². The Kier molecular flexibility index (Phi) is 5.38. The van der Waals surface area contributed by atoms with Crippen LogP contribution < -0.4 is 10.9 Å². The monoisotopic (exact) mass is 383 g/mol. The zero-order chi connectivity index (χ0) is 19.5. The number of nitrogens with zero attached hydrogens (tertiary/aromatic N) is 3. The number of hydrogen-bond acceptors (Lipinski definition) is 6. The summed E-state index contributed by atoms with van der Waals surface area (Å²) in [4.78, 5) is 37.7. The molecule has 2 saturated heterocycles. The zero-order valence-electron chi connectivity index (χ0n) is 15.9. The second-order valence-corrected chi connectivity index (χ2v) is 7.46. The minimum Gasteiger partial charge on any atom is -0.376 e. The molecule has 0 aliphatic carbocycles. The number of amides is 1. The molecule has 0 spiro atoms. The molecule has 2 fully saturated rings. The average molecular weight is 383 g/mol. The first-order chi connectivity index (χ1) is 13.6. The first-order valence-electron chi connectivity index (χ1n) is 9.76. The lowest BCUT2D eigenvalue weighted by Crippen LogP contribution is -2.45. The van der Waals surface area contributed by atoms with Crippen molar-refractivity contribution in [1.82, 2.24) is 19.9 Å². The van der Waals surface area contributed by atoms with Crippen molar-refractivity contribution in [2.45, 2.75) is 38.3 Å². The fraction of sp³-hybridized carbons (Fsp3) is 0.500. The number of likely N-dealkylation sites (tertiary alicyclic amines) is 1. The first-order valence-corrected chi connectivity index (χ1v) is 9.76. The van der Waals surface area contributed by atoms with Crippen molar-refractivity contribution in [2.24, 2.45) is 5.92 Å². The summed E-state index contributed by atoms with van der Waals surface area (Å²) < 4.78 is 6.01. The molecule has 8 heteroatoms. The Hall–Kier alpha value is -2.74. The van der Waals surface area contributed by atoms with Gasteiger partial charge in [0.15, 0.2) is 0 Å².